The van der Waals surface area contributed by atoms with Crippen LogP contribution < -0.4 is 5.32 Å². The van der Waals surface area contributed by atoms with Crippen LogP contribution in [0.25, 0.3) is 10.9 Å². The summed E-state index contributed by atoms with van der Waals surface area (Å²) >= 11 is 5.82. The molecule has 2 aromatic carbocycles. The molecule has 0 saturated heterocycles. The zero-order valence-electron chi connectivity index (χ0n) is 10.1. The number of H-pyrrole nitrogens is 1. The highest BCUT2D eigenvalue weighted by atomic mass is 35.5. The average molecular weight is 275 g/mol. The van der Waals surface area contributed by atoms with Crippen LogP contribution in [-0.4, -0.2) is 4.98 Å². The maximum absolute atomic E-state index is 13.2. The van der Waals surface area contributed by atoms with E-state index < -0.39 is 0 Å². The largest absolute Gasteiger partial charge is 0.381 e. The molecule has 2 N–H and O–H groups in total. The molecule has 0 radical (unpaired) electrons. The van der Waals surface area contributed by atoms with Gasteiger partial charge in [0.2, 0.25) is 0 Å². The van der Waals surface area contributed by atoms with Crippen molar-refractivity contribution in [3.05, 3.63) is 65.1 Å². The van der Waals surface area contributed by atoms with Gasteiger partial charge in [-0.15, -0.1) is 0 Å². The molecule has 3 aromatic rings. The Morgan fingerprint density at radius 2 is 2.00 bits per heavy atom. The lowest BCUT2D eigenvalue weighted by Crippen LogP contribution is -1.99. The third kappa shape index (κ3) is 2.71. The fourth-order valence-corrected chi connectivity index (χ4v) is 2.32. The van der Waals surface area contributed by atoms with E-state index in [1.807, 2.05) is 30.5 Å². The molecule has 0 spiro atoms. The van der Waals surface area contributed by atoms with E-state index in [0.29, 0.717) is 11.6 Å². The van der Waals surface area contributed by atoms with E-state index in [4.69, 9.17) is 11.6 Å². The van der Waals surface area contributed by atoms with E-state index in [9.17, 15) is 4.39 Å². The second kappa shape index (κ2) is 4.94. The van der Waals surface area contributed by atoms with Crippen molar-refractivity contribution < 1.29 is 4.39 Å². The maximum atomic E-state index is 13.2. The number of halogens is 2. The Balaban J connectivity index is 1.77. The van der Waals surface area contributed by atoms with Crippen LogP contribution in [0.2, 0.25) is 5.02 Å². The van der Waals surface area contributed by atoms with Crippen molar-refractivity contribution in [2.45, 2.75) is 6.54 Å². The minimum absolute atomic E-state index is 0.314. The third-order valence-corrected chi connectivity index (χ3v) is 3.19. The zero-order chi connectivity index (χ0) is 13.2. The highest BCUT2D eigenvalue weighted by Gasteiger charge is 2.01. The van der Waals surface area contributed by atoms with E-state index in [-0.39, 0.29) is 5.82 Å². The number of rotatable bonds is 3. The summed E-state index contributed by atoms with van der Waals surface area (Å²) in [6.45, 7) is 0.535. The summed E-state index contributed by atoms with van der Waals surface area (Å²) < 4.78 is 13.2. The second-order valence-corrected chi connectivity index (χ2v) is 4.85. The van der Waals surface area contributed by atoms with Gasteiger partial charge in [0, 0.05) is 34.4 Å². The molecule has 0 aliphatic rings. The van der Waals surface area contributed by atoms with Crippen LogP contribution >= 0.6 is 11.6 Å². The molecule has 0 atom stereocenters. The third-order valence-electron chi connectivity index (χ3n) is 2.97. The fourth-order valence-electron chi connectivity index (χ4n) is 2.08. The summed E-state index contributed by atoms with van der Waals surface area (Å²) in [7, 11) is 0. The number of nitrogens with one attached hydrogen (secondary N) is 2. The number of fused-ring (bicyclic) bond motifs is 1. The maximum Gasteiger partial charge on any atom is 0.125 e. The highest BCUT2D eigenvalue weighted by molar-refractivity contribution is 6.30. The van der Waals surface area contributed by atoms with Crippen LogP contribution in [0.1, 0.15) is 5.56 Å². The van der Waals surface area contributed by atoms with Gasteiger partial charge in [0.15, 0.2) is 0 Å². The van der Waals surface area contributed by atoms with Crippen molar-refractivity contribution in [3.8, 4) is 0 Å². The molecule has 4 heteroatoms. The van der Waals surface area contributed by atoms with Crippen molar-refractivity contribution in [1.82, 2.24) is 4.98 Å². The Morgan fingerprint density at radius 1 is 1.11 bits per heavy atom. The minimum atomic E-state index is -0.314. The lowest BCUT2D eigenvalue weighted by molar-refractivity contribution is 0.626. The number of aromatic amines is 1. The summed E-state index contributed by atoms with van der Waals surface area (Å²) in [5.74, 6) is -0.314. The van der Waals surface area contributed by atoms with E-state index in [1.54, 1.807) is 6.07 Å². The van der Waals surface area contributed by atoms with Gasteiger partial charge >= 0.3 is 0 Å². The smallest absolute Gasteiger partial charge is 0.125 e. The molecule has 1 heterocycles. The molecule has 0 bridgehead atoms. The van der Waals surface area contributed by atoms with Crippen molar-refractivity contribution in [1.29, 1.82) is 0 Å². The lowest BCUT2D eigenvalue weighted by atomic mass is 10.2. The van der Waals surface area contributed by atoms with E-state index in [0.717, 1.165) is 22.2 Å². The molecule has 0 saturated carbocycles. The van der Waals surface area contributed by atoms with Crippen LogP contribution in [0.5, 0.6) is 0 Å². The summed E-state index contributed by atoms with van der Waals surface area (Å²) in [5, 5.41) is 4.81. The molecule has 2 nitrogen and oxygen atoms in total. The summed E-state index contributed by atoms with van der Waals surface area (Å²) in [4.78, 5) is 3.14. The van der Waals surface area contributed by atoms with Crippen molar-refractivity contribution in [3.63, 3.8) is 0 Å². The summed E-state index contributed by atoms with van der Waals surface area (Å²) in [6.07, 6.45) is 1.90. The fraction of sp³-hybridized carbons (Fsp3) is 0.0667. The molecule has 3 rings (SSSR count). The highest BCUT2D eigenvalue weighted by Crippen LogP contribution is 2.19. The van der Waals surface area contributed by atoms with Crippen molar-refractivity contribution in [2.75, 3.05) is 5.32 Å². The number of anilines is 1. The Bertz CT molecular complexity index is 701. The van der Waals surface area contributed by atoms with Gasteiger partial charge in [-0.2, -0.15) is 0 Å². The number of benzene rings is 2. The lowest BCUT2D eigenvalue weighted by Gasteiger charge is -2.07. The van der Waals surface area contributed by atoms with Crippen LogP contribution in [0.15, 0.2) is 48.7 Å². The van der Waals surface area contributed by atoms with Gasteiger partial charge in [-0.25, -0.2) is 4.39 Å². The van der Waals surface area contributed by atoms with E-state index in [1.165, 1.54) is 12.1 Å². The van der Waals surface area contributed by atoms with E-state index >= 15 is 0 Å². The number of hydrogen-bond donors (Lipinski definition) is 2. The first kappa shape index (κ1) is 12.1. The molecule has 0 aliphatic heterocycles. The van der Waals surface area contributed by atoms with Crippen LogP contribution in [-0.2, 0) is 6.54 Å². The van der Waals surface area contributed by atoms with Crippen molar-refractivity contribution >= 4 is 28.2 Å². The molecule has 0 aliphatic carbocycles. The minimum Gasteiger partial charge on any atom is -0.381 e. The first-order valence-corrected chi connectivity index (χ1v) is 6.34. The summed E-state index contributed by atoms with van der Waals surface area (Å²) in [5.41, 5.74) is 2.91. The van der Waals surface area contributed by atoms with Crippen molar-refractivity contribution in [2.24, 2.45) is 0 Å². The zero-order valence-corrected chi connectivity index (χ0v) is 10.8. The SMILES string of the molecule is Fc1cc(Cl)cc(CNc2ccc3[nH]ccc3c2)c1. The van der Waals surface area contributed by atoms with Gasteiger partial charge in [0.05, 0.1) is 0 Å². The van der Waals surface area contributed by atoms with Gasteiger partial charge in [-0.1, -0.05) is 11.6 Å². The molecule has 0 fully saturated rings. The molecule has 0 amide bonds. The monoisotopic (exact) mass is 274 g/mol. The number of aromatic nitrogens is 1. The van der Waals surface area contributed by atoms with Crippen LogP contribution in [0.3, 0.4) is 0 Å². The van der Waals surface area contributed by atoms with Crippen LogP contribution in [0.4, 0.5) is 10.1 Å². The Morgan fingerprint density at radius 3 is 2.84 bits per heavy atom. The molecular formula is C15H12ClFN2. The first-order valence-electron chi connectivity index (χ1n) is 5.97. The molecular weight excluding hydrogens is 263 g/mol. The Hall–Kier alpha value is -2.00. The summed E-state index contributed by atoms with van der Waals surface area (Å²) in [6, 6.07) is 12.6. The number of hydrogen-bond acceptors (Lipinski definition) is 1. The van der Waals surface area contributed by atoms with Gasteiger partial charge in [0.1, 0.15) is 5.82 Å². The first-order chi connectivity index (χ1) is 9.20. The predicted molar refractivity (Wildman–Crippen MR) is 77.0 cm³/mol. The Kier molecular flexibility index (Phi) is 3.13. The van der Waals surface area contributed by atoms with E-state index in [2.05, 4.69) is 10.3 Å². The average Bonchev–Trinajstić information content (AvgIpc) is 2.82. The molecule has 1 aromatic heterocycles. The Labute approximate surface area is 115 Å². The molecule has 96 valence electrons. The normalized spacial score (nSPS) is 10.8. The molecule has 0 unspecified atom stereocenters. The molecule has 19 heavy (non-hydrogen) atoms. The second-order valence-electron chi connectivity index (χ2n) is 4.41. The van der Waals surface area contributed by atoms with Crippen LogP contribution in [0, 0.1) is 5.82 Å². The quantitative estimate of drug-likeness (QED) is 0.719. The van der Waals surface area contributed by atoms with Gasteiger partial charge < -0.3 is 10.3 Å². The van der Waals surface area contributed by atoms with Gasteiger partial charge in [0.25, 0.3) is 0 Å². The standard InChI is InChI=1S/C15H12ClFN2/c16-12-5-10(6-13(17)8-12)9-19-14-1-2-15-11(7-14)3-4-18-15/h1-8,18-19H,9H2. The topological polar surface area (TPSA) is 27.8 Å². The predicted octanol–water partition coefficient (Wildman–Crippen LogP) is 4.57. The van der Waals surface area contributed by atoms with Gasteiger partial charge in [-0.05, 0) is 48.0 Å². The van der Waals surface area contributed by atoms with Gasteiger partial charge in [-0.3, -0.25) is 0 Å².